The number of aliphatic carboxylic acids is 1. The fraction of sp³-hybridized carbons (Fsp3) is 0.500. The van der Waals surface area contributed by atoms with Gasteiger partial charge in [0, 0.05) is 18.9 Å². The highest BCUT2D eigenvalue weighted by Gasteiger charge is 2.30. The maximum atomic E-state index is 10.6. The summed E-state index contributed by atoms with van der Waals surface area (Å²) in [7, 11) is 0. The minimum absolute atomic E-state index is 0. The minimum Gasteiger partial charge on any atom is -0.480 e. The number of nitrogens with zero attached hydrogens (tertiary/aromatic N) is 2. The highest BCUT2D eigenvalue weighted by molar-refractivity contribution is 5.85. The Kier molecular flexibility index (Phi) is 3.49. The molecule has 1 aromatic heterocycles. The molecule has 1 saturated heterocycles. The molecule has 5 nitrogen and oxygen atoms in total. The minimum atomic E-state index is -0.783. The summed E-state index contributed by atoms with van der Waals surface area (Å²) in [6.07, 6.45) is 4.17. The van der Waals surface area contributed by atoms with Gasteiger partial charge in [-0.1, -0.05) is 0 Å². The molecule has 78 valence electrons. The highest BCUT2D eigenvalue weighted by atomic mass is 35.5. The zero-order valence-corrected chi connectivity index (χ0v) is 8.28. The van der Waals surface area contributed by atoms with E-state index in [1.165, 1.54) is 0 Å². The second-order valence-corrected chi connectivity index (χ2v) is 3.17. The van der Waals surface area contributed by atoms with E-state index in [2.05, 4.69) is 10.4 Å². The van der Waals surface area contributed by atoms with Crippen molar-refractivity contribution in [3.63, 3.8) is 0 Å². The second kappa shape index (κ2) is 4.43. The topological polar surface area (TPSA) is 67.1 Å². The monoisotopic (exact) mass is 217 g/mol. The summed E-state index contributed by atoms with van der Waals surface area (Å²) in [5.74, 6) is -0.783. The van der Waals surface area contributed by atoms with Gasteiger partial charge >= 0.3 is 5.97 Å². The average molecular weight is 218 g/mol. The van der Waals surface area contributed by atoms with Crippen molar-refractivity contribution in [3.8, 4) is 0 Å². The molecule has 6 heteroatoms. The molecule has 1 aliphatic heterocycles. The number of aromatic nitrogens is 2. The molecule has 14 heavy (non-hydrogen) atoms. The van der Waals surface area contributed by atoms with Gasteiger partial charge in [-0.2, -0.15) is 5.10 Å². The summed E-state index contributed by atoms with van der Waals surface area (Å²) in [6, 6.07) is 1.60. The van der Waals surface area contributed by atoms with E-state index in [-0.39, 0.29) is 18.4 Å². The van der Waals surface area contributed by atoms with Crippen LogP contribution in [0.3, 0.4) is 0 Å². The van der Waals surface area contributed by atoms with Crippen molar-refractivity contribution in [2.75, 3.05) is 6.54 Å². The summed E-state index contributed by atoms with van der Waals surface area (Å²) in [5.41, 5.74) is 0. The molecule has 0 spiro atoms. The maximum absolute atomic E-state index is 10.6. The Balaban J connectivity index is 0.000000980. The first-order chi connectivity index (χ1) is 6.27. The van der Waals surface area contributed by atoms with Gasteiger partial charge in [0.2, 0.25) is 0 Å². The van der Waals surface area contributed by atoms with Gasteiger partial charge in [-0.05, 0) is 12.5 Å². The molecule has 0 saturated carbocycles. The van der Waals surface area contributed by atoms with Crippen molar-refractivity contribution in [1.29, 1.82) is 0 Å². The van der Waals surface area contributed by atoms with Crippen LogP contribution in [0.2, 0.25) is 0 Å². The summed E-state index contributed by atoms with van der Waals surface area (Å²) in [5, 5.41) is 15.7. The summed E-state index contributed by atoms with van der Waals surface area (Å²) in [6.45, 7) is 0.679. The van der Waals surface area contributed by atoms with Crippen molar-refractivity contribution < 1.29 is 9.90 Å². The highest BCUT2D eigenvalue weighted by Crippen LogP contribution is 2.18. The first-order valence-corrected chi connectivity index (χ1v) is 4.22. The largest absolute Gasteiger partial charge is 0.480 e. The van der Waals surface area contributed by atoms with Crippen LogP contribution in [0.25, 0.3) is 0 Å². The van der Waals surface area contributed by atoms with Crippen molar-refractivity contribution in [3.05, 3.63) is 18.5 Å². The molecule has 0 bridgehead atoms. The first-order valence-electron chi connectivity index (χ1n) is 4.22. The maximum Gasteiger partial charge on any atom is 0.320 e. The molecule has 0 amide bonds. The van der Waals surface area contributed by atoms with Crippen LogP contribution in [0.4, 0.5) is 0 Å². The third-order valence-electron chi connectivity index (χ3n) is 2.30. The van der Waals surface area contributed by atoms with Gasteiger partial charge < -0.3 is 10.4 Å². The van der Waals surface area contributed by atoms with Crippen LogP contribution in [0.5, 0.6) is 0 Å². The molecule has 2 N–H and O–H groups in total. The molecule has 1 aliphatic rings. The molecule has 2 rings (SSSR count). The second-order valence-electron chi connectivity index (χ2n) is 3.17. The van der Waals surface area contributed by atoms with Gasteiger partial charge in [0.05, 0.1) is 6.04 Å². The lowest BCUT2D eigenvalue weighted by Crippen LogP contribution is -2.29. The molecule has 1 fully saturated rings. The van der Waals surface area contributed by atoms with Crippen molar-refractivity contribution in [2.24, 2.45) is 0 Å². The van der Waals surface area contributed by atoms with Gasteiger partial charge in [-0.25, -0.2) is 0 Å². The Morgan fingerprint density at radius 3 is 2.93 bits per heavy atom. The van der Waals surface area contributed by atoms with E-state index in [0.29, 0.717) is 13.0 Å². The van der Waals surface area contributed by atoms with Crippen molar-refractivity contribution in [1.82, 2.24) is 15.1 Å². The zero-order valence-electron chi connectivity index (χ0n) is 7.46. The Bertz CT molecular complexity index is 302. The Morgan fingerprint density at radius 1 is 1.64 bits per heavy atom. The summed E-state index contributed by atoms with van der Waals surface area (Å²) in [4.78, 5) is 10.6. The lowest BCUT2D eigenvalue weighted by atomic mass is 10.2. The Morgan fingerprint density at radius 2 is 2.43 bits per heavy atom. The first kappa shape index (κ1) is 11.0. The standard InChI is InChI=1S/C8H11N3O2.ClH/c12-8(13)7-4-6(5-9-7)11-3-1-2-10-11;/h1-3,6-7,9H,4-5H2,(H,12,13);1H/t6?,7-;/m0./s1. The lowest BCUT2D eigenvalue weighted by molar-refractivity contribution is -0.139. The van der Waals surface area contributed by atoms with E-state index in [1.54, 1.807) is 10.9 Å². The predicted octanol–water partition coefficient (Wildman–Crippen LogP) is 0.292. The van der Waals surface area contributed by atoms with Gasteiger partial charge in [0.1, 0.15) is 6.04 Å². The molecule has 1 unspecified atom stereocenters. The quantitative estimate of drug-likeness (QED) is 0.748. The van der Waals surface area contributed by atoms with Crippen LogP contribution in [0, 0.1) is 0 Å². The van der Waals surface area contributed by atoms with E-state index in [0.717, 1.165) is 0 Å². The summed E-state index contributed by atoms with van der Waals surface area (Å²) >= 11 is 0. The summed E-state index contributed by atoms with van der Waals surface area (Å²) < 4.78 is 1.80. The van der Waals surface area contributed by atoms with Gasteiger partial charge in [-0.15, -0.1) is 12.4 Å². The number of carboxylic acid groups (broad SMARTS) is 1. The normalized spacial score (nSPS) is 25.7. The van der Waals surface area contributed by atoms with Crippen molar-refractivity contribution >= 4 is 18.4 Å². The van der Waals surface area contributed by atoms with E-state index < -0.39 is 12.0 Å². The molecule has 1 aromatic rings. The van der Waals surface area contributed by atoms with Crippen LogP contribution in [-0.2, 0) is 4.79 Å². The van der Waals surface area contributed by atoms with E-state index >= 15 is 0 Å². The third-order valence-corrected chi connectivity index (χ3v) is 2.30. The van der Waals surface area contributed by atoms with Crippen LogP contribution < -0.4 is 5.32 Å². The van der Waals surface area contributed by atoms with Crippen molar-refractivity contribution in [2.45, 2.75) is 18.5 Å². The van der Waals surface area contributed by atoms with Crippen LogP contribution in [0.15, 0.2) is 18.5 Å². The van der Waals surface area contributed by atoms with E-state index in [4.69, 9.17) is 5.11 Å². The number of hydrogen-bond acceptors (Lipinski definition) is 3. The number of rotatable bonds is 2. The lowest BCUT2D eigenvalue weighted by Gasteiger charge is -2.07. The molecular weight excluding hydrogens is 206 g/mol. The Labute approximate surface area is 87.5 Å². The fourth-order valence-corrected chi connectivity index (χ4v) is 1.60. The Hall–Kier alpha value is -1.07. The van der Waals surface area contributed by atoms with Crippen LogP contribution in [-0.4, -0.2) is 33.4 Å². The number of carbonyl (C=O) groups is 1. The van der Waals surface area contributed by atoms with E-state index in [1.807, 2.05) is 12.3 Å². The molecule has 2 atom stereocenters. The molecule has 0 aliphatic carbocycles. The average Bonchev–Trinajstić information content (AvgIpc) is 2.75. The van der Waals surface area contributed by atoms with Gasteiger partial charge in [-0.3, -0.25) is 9.48 Å². The third kappa shape index (κ3) is 2.05. The number of hydrogen-bond donors (Lipinski definition) is 2. The number of nitrogens with one attached hydrogen (secondary N) is 1. The fourth-order valence-electron chi connectivity index (χ4n) is 1.60. The SMILES string of the molecule is Cl.O=C(O)[C@@H]1CC(n2cccn2)CN1. The molecular formula is C8H12ClN3O2. The van der Waals surface area contributed by atoms with Crippen LogP contribution >= 0.6 is 12.4 Å². The van der Waals surface area contributed by atoms with Gasteiger partial charge in [0.25, 0.3) is 0 Å². The molecule has 0 radical (unpaired) electrons. The van der Waals surface area contributed by atoms with Gasteiger partial charge in [0.15, 0.2) is 0 Å². The smallest absolute Gasteiger partial charge is 0.320 e. The number of halogens is 1. The predicted molar refractivity (Wildman–Crippen MR) is 52.6 cm³/mol. The van der Waals surface area contributed by atoms with Crippen LogP contribution in [0.1, 0.15) is 12.5 Å². The molecule has 0 aromatic carbocycles. The number of carboxylic acids is 1. The zero-order chi connectivity index (χ0) is 9.26. The van der Waals surface area contributed by atoms with E-state index in [9.17, 15) is 4.79 Å². The molecule has 2 heterocycles.